The van der Waals surface area contributed by atoms with Crippen LogP contribution in [0.4, 0.5) is 0 Å². The van der Waals surface area contributed by atoms with Crippen LogP contribution in [-0.4, -0.2) is 53.6 Å². The third-order valence-corrected chi connectivity index (χ3v) is 3.82. The van der Waals surface area contributed by atoms with Crippen LogP contribution >= 0.6 is 11.6 Å². The van der Waals surface area contributed by atoms with Crippen molar-refractivity contribution in [2.75, 3.05) is 26.9 Å². The molecule has 1 saturated heterocycles. The summed E-state index contributed by atoms with van der Waals surface area (Å²) in [6.45, 7) is 4.11. The summed E-state index contributed by atoms with van der Waals surface area (Å²) in [6.07, 6.45) is 0. The maximum Gasteiger partial charge on any atom is 0.325 e. The van der Waals surface area contributed by atoms with Crippen LogP contribution in [0.3, 0.4) is 0 Å². The highest BCUT2D eigenvalue weighted by Gasteiger charge is 2.31. The van der Waals surface area contributed by atoms with Crippen LogP contribution in [0.1, 0.15) is 11.3 Å². The van der Waals surface area contributed by atoms with Gasteiger partial charge in [0.05, 0.1) is 26.0 Å². The lowest BCUT2D eigenvalue weighted by Crippen LogP contribution is -2.49. The van der Waals surface area contributed by atoms with E-state index >= 15 is 0 Å². The summed E-state index contributed by atoms with van der Waals surface area (Å²) >= 11 is 6.22. The molecule has 2 heterocycles. The minimum atomic E-state index is -0.380. The quantitative estimate of drug-likeness (QED) is 0.768. The van der Waals surface area contributed by atoms with Crippen LogP contribution in [0.15, 0.2) is 0 Å². The number of ether oxygens (including phenoxy) is 2. The Kier molecular flexibility index (Phi) is 4.44. The minimum absolute atomic E-state index is 0.280. The molecule has 0 bridgehead atoms. The first-order valence-corrected chi connectivity index (χ1v) is 6.50. The maximum atomic E-state index is 11.7. The van der Waals surface area contributed by atoms with E-state index in [1.807, 2.05) is 11.8 Å². The number of rotatable bonds is 3. The van der Waals surface area contributed by atoms with Gasteiger partial charge >= 0.3 is 5.97 Å². The van der Waals surface area contributed by atoms with Crippen molar-refractivity contribution in [3.05, 3.63) is 16.4 Å². The van der Waals surface area contributed by atoms with Gasteiger partial charge in [0.2, 0.25) is 0 Å². The summed E-state index contributed by atoms with van der Waals surface area (Å²) in [5, 5.41) is 4.88. The molecule has 0 spiro atoms. The van der Waals surface area contributed by atoms with E-state index in [1.54, 1.807) is 11.7 Å². The molecule has 0 N–H and O–H groups in total. The summed E-state index contributed by atoms with van der Waals surface area (Å²) in [5.74, 6) is -0.280. The van der Waals surface area contributed by atoms with E-state index in [1.165, 1.54) is 7.11 Å². The van der Waals surface area contributed by atoms with Gasteiger partial charge < -0.3 is 9.47 Å². The Morgan fingerprint density at radius 2 is 2.37 bits per heavy atom. The smallest absolute Gasteiger partial charge is 0.325 e. The van der Waals surface area contributed by atoms with E-state index < -0.39 is 0 Å². The molecule has 1 unspecified atom stereocenters. The lowest BCUT2D eigenvalue weighted by atomic mass is 10.1. The average molecular weight is 288 g/mol. The van der Waals surface area contributed by atoms with Crippen LogP contribution in [0.2, 0.25) is 5.15 Å². The van der Waals surface area contributed by atoms with Crippen molar-refractivity contribution in [3.63, 3.8) is 0 Å². The number of aryl methyl sites for hydroxylation is 2. The molecule has 1 fully saturated rings. The highest BCUT2D eigenvalue weighted by Crippen LogP contribution is 2.22. The minimum Gasteiger partial charge on any atom is -0.468 e. The number of nitrogens with zero attached hydrogens (tertiary/aromatic N) is 3. The number of methoxy groups -OCH3 is 1. The fourth-order valence-corrected chi connectivity index (χ4v) is 2.47. The Bertz CT molecular complexity index is 475. The number of hydrogen-bond acceptors (Lipinski definition) is 5. The molecule has 0 radical (unpaired) electrons. The highest BCUT2D eigenvalue weighted by molar-refractivity contribution is 6.30. The maximum absolute atomic E-state index is 11.7. The molecule has 1 aliphatic heterocycles. The zero-order valence-corrected chi connectivity index (χ0v) is 12.1. The van der Waals surface area contributed by atoms with Crippen LogP contribution in [-0.2, 0) is 27.9 Å². The van der Waals surface area contributed by atoms with E-state index in [4.69, 9.17) is 21.1 Å². The molecule has 2 rings (SSSR count). The van der Waals surface area contributed by atoms with Gasteiger partial charge in [-0.05, 0) is 6.92 Å². The second-order valence-electron chi connectivity index (χ2n) is 4.56. The Labute approximate surface area is 117 Å². The summed E-state index contributed by atoms with van der Waals surface area (Å²) in [4.78, 5) is 13.8. The number of hydrogen-bond donors (Lipinski definition) is 0. The van der Waals surface area contributed by atoms with Gasteiger partial charge in [0, 0.05) is 25.7 Å². The van der Waals surface area contributed by atoms with E-state index in [0.29, 0.717) is 31.5 Å². The highest BCUT2D eigenvalue weighted by atomic mass is 35.5. The normalized spacial score (nSPS) is 20.5. The molecule has 0 saturated carbocycles. The van der Waals surface area contributed by atoms with E-state index in [0.717, 1.165) is 11.3 Å². The lowest BCUT2D eigenvalue weighted by molar-refractivity contribution is -0.153. The van der Waals surface area contributed by atoms with Gasteiger partial charge in [0.25, 0.3) is 0 Å². The summed E-state index contributed by atoms with van der Waals surface area (Å²) < 4.78 is 11.8. The van der Waals surface area contributed by atoms with Crippen molar-refractivity contribution in [2.45, 2.75) is 19.5 Å². The molecule has 7 heteroatoms. The van der Waals surface area contributed by atoms with E-state index in [-0.39, 0.29) is 12.0 Å². The number of esters is 1. The Hall–Kier alpha value is -1.11. The van der Waals surface area contributed by atoms with Gasteiger partial charge in [0.15, 0.2) is 0 Å². The molecule has 1 aliphatic rings. The monoisotopic (exact) mass is 287 g/mol. The van der Waals surface area contributed by atoms with Gasteiger partial charge in [-0.15, -0.1) is 0 Å². The third-order valence-electron chi connectivity index (χ3n) is 3.34. The molecule has 19 heavy (non-hydrogen) atoms. The molecule has 0 aromatic carbocycles. The van der Waals surface area contributed by atoms with Crippen LogP contribution in [0.25, 0.3) is 0 Å². The first-order chi connectivity index (χ1) is 9.04. The topological polar surface area (TPSA) is 56.6 Å². The number of halogens is 1. The number of aromatic nitrogens is 2. The van der Waals surface area contributed by atoms with Crippen LogP contribution in [0.5, 0.6) is 0 Å². The summed E-state index contributed by atoms with van der Waals surface area (Å²) in [6, 6.07) is -0.380. The molecular weight excluding hydrogens is 270 g/mol. The standard InChI is InChI=1S/C12H18ClN3O3/c1-8-9(11(13)15(2)14-8)6-16-4-5-19-7-10(16)12(17)18-3/h10H,4-7H2,1-3H3. The van der Waals surface area contributed by atoms with Crippen molar-refractivity contribution >= 4 is 17.6 Å². The number of carbonyl (C=O) groups excluding carboxylic acids is 1. The Morgan fingerprint density at radius 3 is 2.95 bits per heavy atom. The van der Waals surface area contributed by atoms with E-state index in [9.17, 15) is 4.79 Å². The predicted molar refractivity (Wildman–Crippen MR) is 70.0 cm³/mol. The fourth-order valence-electron chi connectivity index (χ4n) is 2.24. The second kappa shape index (κ2) is 5.90. The molecule has 106 valence electrons. The van der Waals surface area contributed by atoms with Gasteiger partial charge in [-0.1, -0.05) is 11.6 Å². The number of carbonyl (C=O) groups is 1. The zero-order chi connectivity index (χ0) is 14.0. The first kappa shape index (κ1) is 14.3. The lowest BCUT2D eigenvalue weighted by Gasteiger charge is -2.33. The molecule has 1 atom stereocenters. The largest absolute Gasteiger partial charge is 0.468 e. The molecule has 1 aromatic rings. The second-order valence-corrected chi connectivity index (χ2v) is 4.92. The average Bonchev–Trinajstić information content (AvgIpc) is 2.65. The Morgan fingerprint density at radius 1 is 1.63 bits per heavy atom. The first-order valence-electron chi connectivity index (χ1n) is 6.12. The predicted octanol–water partition coefficient (Wildman–Crippen LogP) is 0.756. The van der Waals surface area contributed by atoms with Crippen molar-refractivity contribution in [3.8, 4) is 0 Å². The fraction of sp³-hybridized carbons (Fsp3) is 0.667. The van der Waals surface area contributed by atoms with Crippen LogP contribution in [0, 0.1) is 6.92 Å². The van der Waals surface area contributed by atoms with Gasteiger partial charge in [-0.2, -0.15) is 5.10 Å². The van der Waals surface area contributed by atoms with Crippen molar-refractivity contribution in [2.24, 2.45) is 7.05 Å². The van der Waals surface area contributed by atoms with Crippen LogP contribution < -0.4 is 0 Å². The van der Waals surface area contributed by atoms with Crippen molar-refractivity contribution < 1.29 is 14.3 Å². The third kappa shape index (κ3) is 2.91. The molecule has 6 nitrogen and oxygen atoms in total. The van der Waals surface area contributed by atoms with E-state index in [2.05, 4.69) is 5.10 Å². The van der Waals surface area contributed by atoms with Crippen molar-refractivity contribution in [1.82, 2.24) is 14.7 Å². The number of morpholine rings is 1. The van der Waals surface area contributed by atoms with Gasteiger partial charge in [0.1, 0.15) is 11.2 Å². The summed E-state index contributed by atoms with van der Waals surface area (Å²) in [5.41, 5.74) is 1.82. The van der Waals surface area contributed by atoms with Crippen molar-refractivity contribution in [1.29, 1.82) is 0 Å². The molecule has 0 aliphatic carbocycles. The van der Waals surface area contributed by atoms with Gasteiger partial charge in [-0.3, -0.25) is 14.4 Å². The Balaban J connectivity index is 2.17. The molecule has 0 amide bonds. The molecule has 1 aromatic heterocycles. The zero-order valence-electron chi connectivity index (χ0n) is 11.4. The SMILES string of the molecule is COC(=O)C1COCCN1Cc1c(C)nn(C)c1Cl. The molecular formula is C12H18ClN3O3. The van der Waals surface area contributed by atoms with Gasteiger partial charge in [-0.25, -0.2) is 0 Å². The summed E-state index contributed by atoms with van der Waals surface area (Å²) in [7, 11) is 3.19.